The number of rotatable bonds is 29. The van der Waals surface area contributed by atoms with E-state index < -0.39 is 43.7 Å². The van der Waals surface area contributed by atoms with Gasteiger partial charge in [-0.25, -0.2) is 0 Å². The standard InChI is InChI=1S/3C14H23O2P.C9H13O3P.C7H17O2P.C2H6OP.4CO2.Na/c3*1-4-13(2)11-17(3,15)12-16-10-14-8-6-5-7-9-14;1-13(10,11)8-12-7-9-5-3-2-4-6-9;1-4-7(2)5-10(3,9)6-8;1-4(2)3;4*2-1-3;/h3*5-9,13H,4,10-12H2,1-3H3;2-6H,7-8H2,1H3,(H,10,11);7-8H,4-6H2,1-3H3;1-2H3;;;;;/q;;;;;+1;;;;;+1/p-1/t13-,17+;2*13-,17-;;7-,10-;;;;;;/m000.0....../s1. The van der Waals surface area contributed by atoms with Crippen LogP contribution in [0.5, 0.6) is 0 Å². The normalized spacial score (nSPS) is 14.2. The van der Waals surface area contributed by atoms with E-state index in [4.69, 9.17) is 62.4 Å². The molecule has 0 bridgehead atoms. The zero-order valence-electron chi connectivity index (χ0n) is 56.8. The fraction of sp³-hybridized carbons (Fsp3) is 0.562. The summed E-state index contributed by atoms with van der Waals surface area (Å²) >= 11 is 0. The second-order valence-corrected chi connectivity index (χ2v) is 38.9. The molecule has 0 spiro atoms. The van der Waals surface area contributed by atoms with Crippen molar-refractivity contribution in [1.82, 2.24) is 0 Å². The third-order valence-corrected chi connectivity index (χ3v) is 20.8. The molecule has 9 atom stereocenters. The Kier molecular flexibility index (Phi) is 72.2. The molecular formula is C64H104NaO20P6+. The Hall–Kier alpha value is -3.59. The van der Waals surface area contributed by atoms with Crippen LogP contribution in [-0.4, -0.2) is 133 Å². The smallest absolute Gasteiger partial charge is 0.798 e. The molecule has 0 saturated heterocycles. The van der Waals surface area contributed by atoms with E-state index in [1.165, 1.54) is 6.66 Å². The Balaban J connectivity index is -0.000000184. The van der Waals surface area contributed by atoms with E-state index in [1.54, 1.807) is 20.0 Å². The fourth-order valence-corrected chi connectivity index (χ4v) is 15.7. The summed E-state index contributed by atoms with van der Waals surface area (Å²) in [6.07, 6.45) is 9.18. The van der Waals surface area contributed by atoms with Crippen LogP contribution in [0.2, 0.25) is 0 Å². The summed E-state index contributed by atoms with van der Waals surface area (Å²) in [7, 11) is -12.7. The van der Waals surface area contributed by atoms with E-state index in [2.05, 4.69) is 55.4 Å². The number of aliphatic hydroxyl groups is 1. The summed E-state index contributed by atoms with van der Waals surface area (Å²) in [6.45, 7) is 30.7. The summed E-state index contributed by atoms with van der Waals surface area (Å²) in [4.78, 5) is 75.7. The minimum absolute atomic E-state index is 0. The van der Waals surface area contributed by atoms with Gasteiger partial charge in [0.2, 0.25) is 0 Å². The third kappa shape index (κ3) is 80.6. The van der Waals surface area contributed by atoms with Crippen molar-refractivity contribution >= 4 is 68.3 Å². The maximum absolute atomic E-state index is 12.2. The molecule has 1 unspecified atom stereocenters. The molecule has 4 aromatic rings. The molecule has 0 saturated carbocycles. The fourth-order valence-electron chi connectivity index (χ4n) is 7.07. The Labute approximate surface area is 566 Å². The topological polar surface area (TPSA) is 319 Å². The third-order valence-electron chi connectivity index (χ3n) is 11.7. The monoisotopic (exact) mass is 1400 g/mol. The van der Waals surface area contributed by atoms with Crippen molar-refractivity contribution in [3.8, 4) is 0 Å². The van der Waals surface area contributed by atoms with Gasteiger partial charge >= 0.3 is 62.0 Å². The average Bonchev–Trinajstić information content (AvgIpc) is 3.58. The summed E-state index contributed by atoms with van der Waals surface area (Å²) in [5, 5.41) is 8.68. The number of aliphatic hydroxyl groups excluding tert-OH is 1. The number of carbonyl (C=O) groups excluding carboxylic acids is 8. The molecular weight excluding hydrogens is 1300 g/mol. The van der Waals surface area contributed by atoms with E-state index in [9.17, 15) is 32.3 Å². The Morgan fingerprint density at radius 2 is 0.560 bits per heavy atom. The van der Waals surface area contributed by atoms with Crippen molar-refractivity contribution < 1.29 is 124 Å². The molecule has 91 heavy (non-hydrogen) atoms. The van der Waals surface area contributed by atoms with Crippen LogP contribution in [0.4, 0.5) is 0 Å². The molecule has 0 aliphatic carbocycles. The van der Waals surface area contributed by atoms with Crippen molar-refractivity contribution in [2.45, 2.75) is 108 Å². The van der Waals surface area contributed by atoms with Gasteiger partial charge in [0.05, 0.1) is 58.2 Å². The van der Waals surface area contributed by atoms with Crippen molar-refractivity contribution in [2.75, 3.05) is 103 Å². The van der Waals surface area contributed by atoms with Gasteiger partial charge in [-0.05, 0) is 79.2 Å². The Morgan fingerprint density at radius 1 is 0.396 bits per heavy atom. The molecule has 20 nitrogen and oxygen atoms in total. The van der Waals surface area contributed by atoms with Crippen molar-refractivity contribution in [3.63, 3.8) is 0 Å². The minimum Gasteiger partial charge on any atom is -0.798 e. The molecule has 0 heterocycles. The maximum Gasteiger partial charge on any atom is 1.00 e. The molecule has 0 aliphatic rings. The summed E-state index contributed by atoms with van der Waals surface area (Å²) in [5.74, 6) is 2.03. The molecule has 4 rings (SSSR count). The molecule has 0 amide bonds. The van der Waals surface area contributed by atoms with Crippen LogP contribution in [0.3, 0.4) is 0 Å². The van der Waals surface area contributed by atoms with Crippen molar-refractivity contribution in [1.29, 1.82) is 0 Å². The molecule has 510 valence electrons. The Bertz CT molecular complexity index is 2530. The molecule has 0 aliphatic heterocycles. The summed E-state index contributed by atoms with van der Waals surface area (Å²) in [5.41, 5.74) is 4.39. The first kappa shape index (κ1) is 101. The van der Waals surface area contributed by atoms with Crippen LogP contribution >= 0.6 is 43.7 Å². The number of hydrogen-bond donors (Lipinski definition) is 1. The van der Waals surface area contributed by atoms with Crippen LogP contribution < -0.4 is 34.5 Å². The SMILES string of the molecule is CC[C@H](C)C[P@@](C)(=O)COCc1ccccc1.CC[C@H](C)C[P@](C)(=O)CO.CC[C@H](C)C[P@](C)(=O)COCc1ccccc1.CC[C@H](C)C[P@](C)(=O)COCc1ccccc1.CP(=O)([O-])COCc1ccccc1.C[P+](C)=O.O=C=O.O=C=O.O=C=O.O=C=O.[Na+]. The van der Waals surface area contributed by atoms with Gasteiger partial charge in [0, 0.05) is 32.0 Å². The first-order valence-electron chi connectivity index (χ1n) is 29.0. The molecule has 27 heteroatoms. The van der Waals surface area contributed by atoms with Gasteiger partial charge in [-0.15, -0.1) is 0 Å². The van der Waals surface area contributed by atoms with Gasteiger partial charge in [-0.1, -0.05) is 207 Å². The summed E-state index contributed by atoms with van der Waals surface area (Å²) in [6, 6.07) is 39.5. The largest absolute Gasteiger partial charge is 1.00 e. The number of benzene rings is 4. The van der Waals surface area contributed by atoms with E-state index in [-0.39, 0.29) is 66.9 Å². The van der Waals surface area contributed by atoms with Gasteiger partial charge in [-0.2, -0.15) is 38.4 Å². The van der Waals surface area contributed by atoms with Gasteiger partial charge in [0.15, 0.2) is 0 Å². The quantitative estimate of drug-likeness (QED) is 0.0390. The number of ether oxygens (including phenoxy) is 4. The van der Waals surface area contributed by atoms with Crippen LogP contribution in [0.1, 0.15) is 103 Å². The second-order valence-electron chi connectivity index (χ2n) is 22.1. The van der Waals surface area contributed by atoms with Gasteiger partial charge < -0.3 is 51.8 Å². The van der Waals surface area contributed by atoms with Crippen LogP contribution in [0.15, 0.2) is 121 Å². The second kappa shape index (κ2) is 65.1. The first-order valence-corrected chi connectivity index (χ1v) is 43.5. The predicted octanol–water partition coefficient (Wildman–Crippen LogP) is 11.7. The van der Waals surface area contributed by atoms with E-state index in [0.29, 0.717) is 75.3 Å². The van der Waals surface area contributed by atoms with Crippen molar-refractivity contribution in [3.05, 3.63) is 144 Å². The summed E-state index contributed by atoms with van der Waals surface area (Å²) < 4.78 is 90.1. The van der Waals surface area contributed by atoms with Gasteiger partial charge in [-0.3, -0.25) is 0 Å². The van der Waals surface area contributed by atoms with Crippen molar-refractivity contribution in [2.24, 2.45) is 23.7 Å². The zero-order chi connectivity index (χ0) is 70.5. The van der Waals surface area contributed by atoms with Gasteiger partial charge in [0.1, 0.15) is 41.9 Å². The maximum atomic E-state index is 12.2. The van der Waals surface area contributed by atoms with Crippen LogP contribution in [0, 0.1) is 23.7 Å². The van der Waals surface area contributed by atoms with Gasteiger partial charge in [0.25, 0.3) is 0 Å². The average molecular weight is 1400 g/mol. The molecule has 1 N–H and O–H groups in total. The van der Waals surface area contributed by atoms with E-state index in [1.807, 2.05) is 141 Å². The predicted molar refractivity (Wildman–Crippen MR) is 356 cm³/mol. The van der Waals surface area contributed by atoms with E-state index >= 15 is 0 Å². The molecule has 4 aromatic carbocycles. The minimum atomic E-state index is -3.27. The van der Waals surface area contributed by atoms with Crippen LogP contribution in [-0.2, 0) is 111 Å². The van der Waals surface area contributed by atoms with E-state index in [0.717, 1.165) is 66.4 Å². The zero-order valence-corrected chi connectivity index (χ0v) is 64.1. The Morgan fingerprint density at radius 3 is 0.714 bits per heavy atom. The number of hydrogen-bond acceptors (Lipinski definition) is 20. The van der Waals surface area contributed by atoms with Crippen LogP contribution in [0.25, 0.3) is 0 Å². The molecule has 0 fully saturated rings. The first-order chi connectivity index (χ1) is 42.1. The molecule has 0 aromatic heterocycles. The molecule has 0 radical (unpaired) electrons.